The molecule has 0 amide bonds. The summed E-state index contributed by atoms with van der Waals surface area (Å²) in [6, 6.07) is 0. The van der Waals surface area contributed by atoms with E-state index in [1.54, 1.807) is 17.4 Å². The molecule has 0 aromatic carbocycles. The van der Waals surface area contributed by atoms with Gasteiger partial charge in [-0.3, -0.25) is 4.79 Å². The monoisotopic (exact) mass is 455 g/mol. The number of carboxylic acids is 1. The van der Waals surface area contributed by atoms with Crippen molar-refractivity contribution in [1.29, 1.82) is 0 Å². The summed E-state index contributed by atoms with van der Waals surface area (Å²) >= 11 is 4.58. The number of aliphatic carboxylic acids is 1. The first-order valence-corrected chi connectivity index (χ1v) is 12.0. The molecule has 164 valence electrons. The molecular formula is C25H29NO3S2. The Kier molecular flexibility index (Phi) is 7.60. The van der Waals surface area contributed by atoms with Gasteiger partial charge in [0.05, 0.1) is 0 Å². The SMILES string of the molecule is C=C(C)/C=C(S)/C1=C/C/C=C(/S(=O)N(C)C2(C(=O)O)CC2C2=CC=CC=C=C2)CCC1. The molecular weight excluding hydrogens is 426 g/mol. The van der Waals surface area contributed by atoms with E-state index in [9.17, 15) is 14.1 Å². The van der Waals surface area contributed by atoms with Crippen LogP contribution in [0.15, 0.2) is 87.4 Å². The van der Waals surface area contributed by atoms with Crippen LogP contribution >= 0.6 is 12.6 Å². The first kappa shape index (κ1) is 23.6. The molecule has 0 spiro atoms. The van der Waals surface area contributed by atoms with Gasteiger partial charge in [-0.2, -0.15) is 0 Å². The molecule has 3 atom stereocenters. The lowest BCUT2D eigenvalue weighted by Gasteiger charge is -2.26. The second-order valence-corrected chi connectivity index (χ2v) is 10.2. The summed E-state index contributed by atoms with van der Waals surface area (Å²) in [7, 11) is 0.157. The third-order valence-corrected chi connectivity index (χ3v) is 7.93. The van der Waals surface area contributed by atoms with Crippen LogP contribution in [0.5, 0.6) is 0 Å². The van der Waals surface area contributed by atoms with E-state index < -0.39 is 22.5 Å². The molecule has 0 aromatic heterocycles. The summed E-state index contributed by atoms with van der Waals surface area (Å²) in [5, 5.41) is 10.0. The number of rotatable bonds is 7. The number of nitrogens with zero attached hydrogens (tertiary/aromatic N) is 1. The number of thiol groups is 1. The molecule has 31 heavy (non-hydrogen) atoms. The molecule has 0 aromatic rings. The molecule has 0 aliphatic heterocycles. The maximum atomic E-state index is 13.4. The molecule has 3 aliphatic rings. The Morgan fingerprint density at radius 2 is 2.16 bits per heavy atom. The average Bonchev–Trinajstić information content (AvgIpc) is 3.47. The van der Waals surface area contributed by atoms with Crippen LogP contribution in [0, 0.1) is 5.92 Å². The van der Waals surface area contributed by atoms with Crippen molar-refractivity contribution in [3.05, 3.63) is 87.4 Å². The summed E-state index contributed by atoms with van der Waals surface area (Å²) in [6.45, 7) is 5.84. The molecule has 1 N–H and O–H groups in total. The molecule has 1 fully saturated rings. The van der Waals surface area contributed by atoms with Crippen LogP contribution in [-0.4, -0.2) is 32.2 Å². The molecule has 3 rings (SSSR count). The van der Waals surface area contributed by atoms with Gasteiger partial charge in [-0.1, -0.05) is 42.5 Å². The largest absolute Gasteiger partial charge is 0.480 e. The van der Waals surface area contributed by atoms with E-state index in [0.29, 0.717) is 19.3 Å². The Hall–Kier alpha value is -2.11. The maximum Gasteiger partial charge on any atom is 0.325 e. The summed E-state index contributed by atoms with van der Waals surface area (Å²) < 4.78 is 14.9. The lowest BCUT2D eigenvalue weighted by Crippen LogP contribution is -2.44. The molecule has 0 saturated heterocycles. The van der Waals surface area contributed by atoms with Gasteiger partial charge in [0.25, 0.3) is 0 Å². The van der Waals surface area contributed by atoms with Gasteiger partial charge in [0.15, 0.2) is 0 Å². The predicted octanol–water partition coefficient (Wildman–Crippen LogP) is 5.41. The highest BCUT2D eigenvalue weighted by Crippen LogP contribution is 2.54. The number of allylic oxidation sites excluding steroid dienone is 10. The van der Waals surface area contributed by atoms with E-state index in [4.69, 9.17) is 0 Å². The van der Waals surface area contributed by atoms with Crippen molar-refractivity contribution < 1.29 is 14.1 Å². The first-order chi connectivity index (χ1) is 14.8. The normalized spacial score (nSPS) is 30.3. The topological polar surface area (TPSA) is 57.6 Å². The van der Waals surface area contributed by atoms with E-state index in [2.05, 4.69) is 31.0 Å². The Bertz CT molecular complexity index is 1020. The van der Waals surface area contributed by atoms with E-state index in [0.717, 1.165) is 33.8 Å². The van der Waals surface area contributed by atoms with Crippen molar-refractivity contribution in [2.75, 3.05) is 7.05 Å². The van der Waals surface area contributed by atoms with Crippen LogP contribution in [0.1, 0.15) is 39.0 Å². The van der Waals surface area contributed by atoms with Gasteiger partial charge in [0.1, 0.15) is 16.5 Å². The van der Waals surface area contributed by atoms with Crippen molar-refractivity contribution in [2.24, 2.45) is 5.92 Å². The Morgan fingerprint density at radius 1 is 1.39 bits per heavy atom. The third kappa shape index (κ3) is 5.21. The van der Waals surface area contributed by atoms with Gasteiger partial charge in [0, 0.05) is 22.8 Å². The van der Waals surface area contributed by atoms with Gasteiger partial charge in [-0.05, 0) is 68.4 Å². The molecule has 0 bridgehead atoms. The molecule has 0 heterocycles. The quantitative estimate of drug-likeness (QED) is 0.307. The standard InChI is InChI=1S/C25H29NO3S2/c1-18(2)16-23(30)20-12-8-14-21(15-9-13-20)31(29)26(3)25(24(27)28)17-22(25)19-10-6-4-5-7-11-19/h4-6,10-12,14,16,22,30H,1,8-9,13,15,17H2,2-3H3,(H,27,28)/b20-12+,21-14+,23-16-. The predicted molar refractivity (Wildman–Crippen MR) is 131 cm³/mol. The zero-order valence-electron chi connectivity index (χ0n) is 18.0. The maximum absolute atomic E-state index is 13.4. The van der Waals surface area contributed by atoms with Gasteiger partial charge >= 0.3 is 5.97 Å². The Balaban J connectivity index is 1.79. The summed E-state index contributed by atoms with van der Waals surface area (Å²) in [5.41, 5.74) is 4.91. The van der Waals surface area contributed by atoms with Crippen LogP contribution in [0.25, 0.3) is 0 Å². The van der Waals surface area contributed by atoms with Crippen LogP contribution < -0.4 is 0 Å². The number of hydrogen-bond acceptors (Lipinski definition) is 3. The Labute approximate surface area is 192 Å². The minimum atomic E-state index is -1.51. The van der Waals surface area contributed by atoms with Crippen LogP contribution in [0.4, 0.5) is 0 Å². The molecule has 3 unspecified atom stereocenters. The second kappa shape index (κ2) is 10.0. The second-order valence-electron chi connectivity index (χ2n) is 8.13. The average molecular weight is 456 g/mol. The van der Waals surface area contributed by atoms with Gasteiger partial charge in [-0.15, -0.1) is 18.4 Å². The fourth-order valence-electron chi connectivity index (χ4n) is 4.08. The molecule has 6 heteroatoms. The molecule has 1 saturated carbocycles. The van der Waals surface area contributed by atoms with E-state index >= 15 is 0 Å². The smallest absolute Gasteiger partial charge is 0.325 e. The minimum Gasteiger partial charge on any atom is -0.480 e. The number of likely N-dealkylation sites (N-methyl/N-ethyl adjacent to an activating group) is 1. The lowest BCUT2D eigenvalue weighted by atomic mass is 10.0. The van der Waals surface area contributed by atoms with Crippen LogP contribution in [-0.2, 0) is 15.8 Å². The molecule has 0 radical (unpaired) electrons. The van der Waals surface area contributed by atoms with Crippen molar-refractivity contribution in [3.8, 4) is 0 Å². The molecule has 3 aliphatic carbocycles. The van der Waals surface area contributed by atoms with Crippen LogP contribution in [0.2, 0.25) is 0 Å². The summed E-state index contributed by atoms with van der Waals surface area (Å²) in [6.07, 6.45) is 18.7. The minimum absolute atomic E-state index is 0.206. The summed E-state index contributed by atoms with van der Waals surface area (Å²) in [4.78, 5) is 14.0. The molecule has 4 nitrogen and oxygen atoms in total. The Morgan fingerprint density at radius 3 is 2.87 bits per heavy atom. The van der Waals surface area contributed by atoms with Gasteiger partial charge < -0.3 is 5.11 Å². The lowest BCUT2D eigenvalue weighted by molar-refractivity contribution is -0.143. The fraction of sp³-hybridized carbons (Fsp3) is 0.360. The first-order valence-electron chi connectivity index (χ1n) is 10.4. The van der Waals surface area contributed by atoms with E-state index in [1.807, 2.05) is 43.4 Å². The van der Waals surface area contributed by atoms with Crippen molar-refractivity contribution >= 4 is 29.6 Å². The third-order valence-electron chi connectivity index (χ3n) is 5.87. The number of carboxylic acid groups (broad SMARTS) is 1. The van der Waals surface area contributed by atoms with Gasteiger partial charge in [-0.25, -0.2) is 8.51 Å². The number of carbonyl (C=O) groups is 1. The van der Waals surface area contributed by atoms with Crippen molar-refractivity contribution in [1.82, 2.24) is 4.31 Å². The highest BCUT2D eigenvalue weighted by Gasteiger charge is 2.65. The highest BCUT2D eigenvalue weighted by molar-refractivity contribution is 7.86. The van der Waals surface area contributed by atoms with E-state index in [-0.39, 0.29) is 5.92 Å². The zero-order valence-corrected chi connectivity index (χ0v) is 19.7. The zero-order chi connectivity index (χ0) is 22.6. The van der Waals surface area contributed by atoms with E-state index in [1.165, 1.54) is 5.57 Å². The fourth-order valence-corrected chi connectivity index (χ4v) is 5.99. The van der Waals surface area contributed by atoms with Crippen molar-refractivity contribution in [3.63, 3.8) is 0 Å². The summed E-state index contributed by atoms with van der Waals surface area (Å²) in [5.74, 6) is -1.14. The van der Waals surface area contributed by atoms with Crippen molar-refractivity contribution in [2.45, 2.75) is 44.6 Å². The van der Waals surface area contributed by atoms with Gasteiger partial charge in [0.2, 0.25) is 0 Å². The van der Waals surface area contributed by atoms with Crippen LogP contribution in [0.3, 0.4) is 0 Å². The number of hydrogen-bond donors (Lipinski definition) is 2. The highest BCUT2D eigenvalue weighted by atomic mass is 32.2.